The number of nitrogens with zero attached hydrogens (tertiary/aromatic N) is 2. The molecule has 2 rings (SSSR count). The average Bonchev–Trinajstić information content (AvgIpc) is 2.54. The lowest BCUT2D eigenvalue weighted by Gasteiger charge is -2.09. The fraction of sp³-hybridized carbons (Fsp3) is 0.133. The summed E-state index contributed by atoms with van der Waals surface area (Å²) in [5.41, 5.74) is 1.01. The maximum Gasteiger partial charge on any atom is 0.319 e. The molecule has 0 fully saturated rings. The Morgan fingerprint density at radius 2 is 2.09 bits per heavy atom. The van der Waals surface area contributed by atoms with Crippen LogP contribution in [0.25, 0.3) is 0 Å². The number of carbonyl (C=O) groups is 1. The number of nitrogens with one attached hydrogen (secondary N) is 2. The number of rotatable bonds is 5. The lowest BCUT2D eigenvalue weighted by atomic mass is 10.2. The van der Waals surface area contributed by atoms with Crippen molar-refractivity contribution in [2.24, 2.45) is 0 Å². The molecule has 0 atom stereocenters. The van der Waals surface area contributed by atoms with Crippen molar-refractivity contribution in [3.63, 3.8) is 0 Å². The van der Waals surface area contributed by atoms with Gasteiger partial charge in [-0.05, 0) is 36.4 Å². The molecule has 1 aromatic carbocycles. The summed E-state index contributed by atoms with van der Waals surface area (Å²) in [7, 11) is 0. The van der Waals surface area contributed by atoms with Crippen LogP contribution in [0.4, 0.5) is 10.5 Å². The van der Waals surface area contributed by atoms with Gasteiger partial charge in [0.2, 0.25) is 0 Å². The van der Waals surface area contributed by atoms with E-state index in [4.69, 9.17) is 21.6 Å². The van der Waals surface area contributed by atoms with Crippen LogP contribution < -0.4 is 15.4 Å². The number of nitriles is 1. The summed E-state index contributed by atoms with van der Waals surface area (Å²) in [4.78, 5) is 15.5. The molecule has 7 heteroatoms. The van der Waals surface area contributed by atoms with Crippen LogP contribution in [0.2, 0.25) is 5.15 Å². The Kier molecular flexibility index (Phi) is 5.57. The number of amides is 2. The van der Waals surface area contributed by atoms with Crippen LogP contribution >= 0.6 is 11.6 Å². The third-order valence-corrected chi connectivity index (χ3v) is 2.95. The highest BCUT2D eigenvalue weighted by Gasteiger charge is 2.05. The van der Waals surface area contributed by atoms with Crippen molar-refractivity contribution in [3.05, 3.63) is 53.3 Å². The molecule has 0 spiro atoms. The third kappa shape index (κ3) is 4.65. The molecular formula is C15H13ClN4O2. The van der Waals surface area contributed by atoms with E-state index in [1.807, 2.05) is 6.07 Å². The van der Waals surface area contributed by atoms with Gasteiger partial charge in [0.05, 0.1) is 23.9 Å². The number of hydrogen-bond donors (Lipinski definition) is 2. The molecule has 0 unspecified atom stereocenters. The van der Waals surface area contributed by atoms with Gasteiger partial charge >= 0.3 is 6.03 Å². The Bertz CT molecular complexity index is 683. The lowest BCUT2D eigenvalue weighted by molar-refractivity contribution is 0.247. The lowest BCUT2D eigenvalue weighted by Crippen LogP contribution is -2.32. The molecule has 1 heterocycles. The number of hydrogen-bond acceptors (Lipinski definition) is 4. The topological polar surface area (TPSA) is 87.0 Å². The summed E-state index contributed by atoms with van der Waals surface area (Å²) in [6.45, 7) is 0.629. The zero-order chi connectivity index (χ0) is 15.8. The van der Waals surface area contributed by atoms with Crippen molar-refractivity contribution in [2.45, 2.75) is 0 Å². The summed E-state index contributed by atoms with van der Waals surface area (Å²) in [6, 6.07) is 11.7. The number of pyridine rings is 1. The van der Waals surface area contributed by atoms with Crippen molar-refractivity contribution in [1.82, 2.24) is 10.3 Å². The highest BCUT2D eigenvalue weighted by molar-refractivity contribution is 6.32. The Labute approximate surface area is 132 Å². The van der Waals surface area contributed by atoms with Gasteiger partial charge in [0, 0.05) is 6.20 Å². The fourth-order valence-electron chi connectivity index (χ4n) is 1.60. The predicted octanol–water partition coefficient (Wildman–Crippen LogP) is 2.81. The van der Waals surface area contributed by atoms with Crippen LogP contribution in [-0.2, 0) is 0 Å². The fourth-order valence-corrected chi connectivity index (χ4v) is 1.77. The predicted molar refractivity (Wildman–Crippen MR) is 82.9 cm³/mol. The van der Waals surface area contributed by atoms with Crippen LogP contribution in [-0.4, -0.2) is 24.2 Å². The van der Waals surface area contributed by atoms with E-state index in [1.54, 1.807) is 36.4 Å². The Morgan fingerprint density at radius 3 is 2.77 bits per heavy atom. The van der Waals surface area contributed by atoms with E-state index in [-0.39, 0.29) is 5.15 Å². The maximum atomic E-state index is 11.7. The van der Waals surface area contributed by atoms with E-state index in [9.17, 15) is 4.79 Å². The minimum absolute atomic E-state index is 0.228. The summed E-state index contributed by atoms with van der Waals surface area (Å²) in [5, 5.41) is 14.1. The quantitative estimate of drug-likeness (QED) is 0.656. The summed E-state index contributed by atoms with van der Waals surface area (Å²) < 4.78 is 5.44. The molecular weight excluding hydrogens is 304 g/mol. The smallest absolute Gasteiger partial charge is 0.319 e. The Balaban J connectivity index is 1.71. The van der Waals surface area contributed by atoms with E-state index >= 15 is 0 Å². The normalized spacial score (nSPS) is 9.64. The highest BCUT2D eigenvalue weighted by Crippen LogP contribution is 2.16. The number of carbonyl (C=O) groups excluding carboxylic acids is 1. The van der Waals surface area contributed by atoms with Crippen molar-refractivity contribution in [2.75, 3.05) is 18.5 Å². The zero-order valence-electron chi connectivity index (χ0n) is 11.5. The second-order valence-corrected chi connectivity index (χ2v) is 4.57. The second kappa shape index (κ2) is 7.86. The van der Waals surface area contributed by atoms with Crippen LogP contribution in [0, 0.1) is 11.3 Å². The molecule has 0 bridgehead atoms. The van der Waals surface area contributed by atoms with E-state index < -0.39 is 6.03 Å². The van der Waals surface area contributed by atoms with Gasteiger partial charge in [-0.1, -0.05) is 11.6 Å². The first-order valence-corrected chi connectivity index (χ1v) is 6.85. The van der Waals surface area contributed by atoms with Crippen molar-refractivity contribution >= 4 is 23.3 Å². The second-order valence-electron chi connectivity index (χ2n) is 4.21. The minimum Gasteiger partial charge on any atom is -0.492 e. The molecule has 2 N–H and O–H groups in total. The molecule has 0 aliphatic rings. The largest absolute Gasteiger partial charge is 0.492 e. The molecule has 1 aromatic heterocycles. The first-order valence-electron chi connectivity index (χ1n) is 6.47. The molecule has 22 heavy (non-hydrogen) atoms. The molecule has 0 aliphatic heterocycles. The van der Waals surface area contributed by atoms with Crippen molar-refractivity contribution in [1.29, 1.82) is 5.26 Å². The van der Waals surface area contributed by atoms with Gasteiger partial charge in [0.15, 0.2) is 5.15 Å². The monoisotopic (exact) mass is 316 g/mol. The van der Waals surface area contributed by atoms with E-state index in [0.29, 0.717) is 30.2 Å². The maximum absolute atomic E-state index is 11.7. The molecule has 0 saturated heterocycles. The van der Waals surface area contributed by atoms with E-state index in [1.165, 1.54) is 6.20 Å². The first-order chi connectivity index (χ1) is 10.7. The zero-order valence-corrected chi connectivity index (χ0v) is 12.3. The van der Waals surface area contributed by atoms with Crippen molar-refractivity contribution < 1.29 is 9.53 Å². The van der Waals surface area contributed by atoms with Crippen LogP contribution in [0.15, 0.2) is 42.6 Å². The standard InChI is InChI=1S/C15H13ClN4O2/c16-14-13(2-1-7-18-14)20-15(21)19-8-9-22-12-5-3-11(10-17)4-6-12/h1-7H,8-9H2,(H2,19,20,21). The molecule has 6 nitrogen and oxygen atoms in total. The van der Waals surface area contributed by atoms with Gasteiger partial charge < -0.3 is 15.4 Å². The van der Waals surface area contributed by atoms with Gasteiger partial charge in [-0.3, -0.25) is 0 Å². The number of benzene rings is 1. The van der Waals surface area contributed by atoms with Crippen LogP contribution in [0.3, 0.4) is 0 Å². The number of ether oxygens (including phenoxy) is 1. The number of aromatic nitrogens is 1. The van der Waals surface area contributed by atoms with Crippen LogP contribution in [0.1, 0.15) is 5.56 Å². The van der Waals surface area contributed by atoms with E-state index in [2.05, 4.69) is 15.6 Å². The minimum atomic E-state index is -0.390. The van der Waals surface area contributed by atoms with Crippen molar-refractivity contribution in [3.8, 4) is 11.8 Å². The van der Waals surface area contributed by atoms with Gasteiger partial charge in [-0.2, -0.15) is 5.26 Å². The molecule has 112 valence electrons. The molecule has 2 amide bonds. The number of anilines is 1. The Hall–Kier alpha value is -2.78. The highest BCUT2D eigenvalue weighted by atomic mass is 35.5. The van der Waals surface area contributed by atoms with E-state index in [0.717, 1.165) is 0 Å². The summed E-state index contributed by atoms with van der Waals surface area (Å²) in [5.74, 6) is 0.636. The summed E-state index contributed by atoms with van der Waals surface area (Å²) in [6.07, 6.45) is 1.54. The summed E-state index contributed by atoms with van der Waals surface area (Å²) >= 11 is 5.83. The number of urea groups is 1. The number of halogens is 1. The molecule has 0 aliphatic carbocycles. The molecule has 2 aromatic rings. The first kappa shape index (κ1) is 15.6. The SMILES string of the molecule is N#Cc1ccc(OCCNC(=O)Nc2cccnc2Cl)cc1. The molecule has 0 saturated carbocycles. The van der Waals surface area contributed by atoms with Gasteiger partial charge in [0.25, 0.3) is 0 Å². The average molecular weight is 317 g/mol. The third-order valence-electron chi connectivity index (χ3n) is 2.65. The molecule has 0 radical (unpaired) electrons. The Morgan fingerprint density at radius 1 is 1.32 bits per heavy atom. The van der Waals surface area contributed by atoms with Gasteiger partial charge in [-0.15, -0.1) is 0 Å². The van der Waals surface area contributed by atoms with Crippen LogP contribution in [0.5, 0.6) is 5.75 Å². The van der Waals surface area contributed by atoms with Gasteiger partial charge in [-0.25, -0.2) is 9.78 Å². The van der Waals surface area contributed by atoms with Gasteiger partial charge in [0.1, 0.15) is 12.4 Å².